The summed E-state index contributed by atoms with van der Waals surface area (Å²) >= 11 is 0. The number of rotatable bonds is 0. The fourth-order valence-electron chi connectivity index (χ4n) is 3.18. The molecule has 0 aliphatic heterocycles. The van der Waals surface area contributed by atoms with Gasteiger partial charge in [0.2, 0.25) is 0 Å². The van der Waals surface area contributed by atoms with E-state index in [1.165, 1.54) is 24.0 Å². The van der Waals surface area contributed by atoms with Crippen LogP contribution < -0.4 is 0 Å². The van der Waals surface area contributed by atoms with Crippen molar-refractivity contribution >= 4 is 0 Å². The minimum Gasteiger partial charge on any atom is -0.0849 e. The van der Waals surface area contributed by atoms with E-state index in [0.717, 1.165) is 23.7 Å². The fourth-order valence-corrected chi connectivity index (χ4v) is 3.18. The third-order valence-corrected chi connectivity index (χ3v) is 5.04. The molecule has 1 saturated carbocycles. The van der Waals surface area contributed by atoms with Gasteiger partial charge in [-0.2, -0.15) is 0 Å². The number of benzene rings is 1. The molecule has 1 fully saturated rings. The summed E-state index contributed by atoms with van der Waals surface area (Å²) in [5.41, 5.74) is 2.74. The molecule has 4 rings (SSSR count). The summed E-state index contributed by atoms with van der Waals surface area (Å²) in [5.74, 6) is 3.73. The molecule has 4 unspecified atom stereocenters. The SMILES string of the molecule is CC.CC1C2C=CC(CC2)C1C.Cc1ccccc1C. The molecule has 112 valence electrons. The van der Waals surface area contributed by atoms with Crippen molar-refractivity contribution in [3.8, 4) is 0 Å². The third kappa shape index (κ3) is 4.23. The summed E-state index contributed by atoms with van der Waals surface area (Å²) in [6.45, 7) is 13.1. The quantitative estimate of drug-likeness (QED) is 0.494. The van der Waals surface area contributed by atoms with Crippen molar-refractivity contribution in [2.75, 3.05) is 0 Å². The highest BCUT2D eigenvalue weighted by Gasteiger charge is 2.34. The van der Waals surface area contributed by atoms with Gasteiger partial charge >= 0.3 is 0 Å². The Morgan fingerprint density at radius 3 is 1.30 bits per heavy atom. The predicted octanol–water partition coefficient (Wildman–Crippen LogP) is 6.18. The van der Waals surface area contributed by atoms with E-state index >= 15 is 0 Å². The molecule has 0 N–H and O–H groups in total. The number of hydrogen-bond donors (Lipinski definition) is 0. The summed E-state index contributed by atoms with van der Waals surface area (Å²) in [4.78, 5) is 0. The summed E-state index contributed by atoms with van der Waals surface area (Å²) in [6.07, 6.45) is 7.79. The van der Waals surface area contributed by atoms with Gasteiger partial charge in [-0.05, 0) is 61.5 Å². The van der Waals surface area contributed by atoms with Crippen LogP contribution in [0.3, 0.4) is 0 Å². The van der Waals surface area contributed by atoms with Gasteiger partial charge in [0.05, 0.1) is 0 Å². The zero-order chi connectivity index (χ0) is 15.1. The topological polar surface area (TPSA) is 0 Å². The Balaban J connectivity index is 0.000000182. The van der Waals surface area contributed by atoms with E-state index in [-0.39, 0.29) is 0 Å². The molecule has 20 heavy (non-hydrogen) atoms. The highest BCUT2D eigenvalue weighted by molar-refractivity contribution is 5.23. The first-order valence-electron chi connectivity index (χ1n) is 8.30. The van der Waals surface area contributed by atoms with Crippen LogP contribution in [0.1, 0.15) is 51.7 Å². The number of fused-ring (bicyclic) bond motifs is 2. The van der Waals surface area contributed by atoms with E-state index < -0.39 is 0 Å². The zero-order valence-corrected chi connectivity index (χ0v) is 14.2. The van der Waals surface area contributed by atoms with E-state index in [1.807, 2.05) is 13.8 Å². The Morgan fingerprint density at radius 1 is 0.750 bits per heavy atom. The Labute approximate surface area is 126 Å². The van der Waals surface area contributed by atoms with E-state index in [4.69, 9.17) is 0 Å². The van der Waals surface area contributed by atoms with Crippen LogP contribution in [0.5, 0.6) is 0 Å². The van der Waals surface area contributed by atoms with Crippen molar-refractivity contribution in [2.45, 2.75) is 54.4 Å². The van der Waals surface area contributed by atoms with Crippen LogP contribution in [-0.4, -0.2) is 0 Å². The fraction of sp³-hybridized carbons (Fsp3) is 0.600. The maximum Gasteiger partial charge on any atom is -0.0205 e. The molecule has 2 bridgehead atoms. The van der Waals surface area contributed by atoms with Crippen LogP contribution in [0.4, 0.5) is 0 Å². The minimum atomic E-state index is 0.917. The minimum absolute atomic E-state index is 0.917. The highest BCUT2D eigenvalue weighted by Crippen LogP contribution is 2.43. The maximum atomic E-state index is 2.44. The maximum absolute atomic E-state index is 2.44. The molecule has 0 heterocycles. The Hall–Kier alpha value is -1.04. The molecule has 0 spiro atoms. The van der Waals surface area contributed by atoms with Gasteiger partial charge in [0, 0.05) is 0 Å². The smallest absolute Gasteiger partial charge is 0.0205 e. The molecular weight excluding hydrogens is 240 g/mol. The van der Waals surface area contributed by atoms with Crippen molar-refractivity contribution in [1.29, 1.82) is 0 Å². The Kier molecular flexibility index (Phi) is 7.05. The largest absolute Gasteiger partial charge is 0.0849 e. The number of aryl methyl sites for hydroxylation is 2. The van der Waals surface area contributed by atoms with Crippen LogP contribution in [0.25, 0.3) is 0 Å². The molecule has 3 aliphatic carbocycles. The lowest BCUT2D eigenvalue weighted by molar-refractivity contribution is 0.152. The van der Waals surface area contributed by atoms with Gasteiger partial charge in [-0.25, -0.2) is 0 Å². The van der Waals surface area contributed by atoms with Crippen LogP contribution in [0.15, 0.2) is 36.4 Å². The Morgan fingerprint density at radius 2 is 1.10 bits per heavy atom. The normalized spacial score (nSPS) is 29.9. The zero-order valence-electron chi connectivity index (χ0n) is 14.2. The average Bonchev–Trinajstić information content (AvgIpc) is 2.50. The summed E-state index contributed by atoms with van der Waals surface area (Å²) in [5, 5.41) is 0. The molecular formula is C20H32. The van der Waals surface area contributed by atoms with Gasteiger partial charge in [-0.1, -0.05) is 64.1 Å². The molecule has 1 aromatic carbocycles. The van der Waals surface area contributed by atoms with Gasteiger partial charge in [0.1, 0.15) is 0 Å². The first-order valence-corrected chi connectivity index (χ1v) is 8.30. The Bertz CT molecular complexity index is 377. The lowest BCUT2D eigenvalue weighted by atomic mass is 9.64. The van der Waals surface area contributed by atoms with E-state index in [9.17, 15) is 0 Å². The second kappa shape index (κ2) is 8.29. The van der Waals surface area contributed by atoms with Gasteiger partial charge < -0.3 is 0 Å². The molecule has 0 aromatic heterocycles. The van der Waals surface area contributed by atoms with E-state index in [2.05, 4.69) is 64.1 Å². The standard InChI is InChI=1S/C10H16.C8H10.C2H6/c1-7-8(2)10-5-3-9(7)4-6-10;1-7-5-3-4-6-8(7)2;1-2/h3,5,7-10H,4,6H2,1-2H3;3-6H,1-2H3;1-2H3. The van der Waals surface area contributed by atoms with Crippen molar-refractivity contribution in [1.82, 2.24) is 0 Å². The molecule has 1 aromatic rings. The summed E-state index contributed by atoms with van der Waals surface area (Å²) < 4.78 is 0. The first-order chi connectivity index (χ1) is 9.59. The van der Waals surface area contributed by atoms with E-state index in [0.29, 0.717) is 0 Å². The highest BCUT2D eigenvalue weighted by atomic mass is 14.4. The van der Waals surface area contributed by atoms with Crippen molar-refractivity contribution < 1.29 is 0 Å². The molecule has 0 heteroatoms. The second-order valence-electron chi connectivity index (χ2n) is 6.09. The van der Waals surface area contributed by atoms with E-state index in [1.54, 1.807) is 0 Å². The summed E-state index contributed by atoms with van der Waals surface area (Å²) in [7, 11) is 0. The van der Waals surface area contributed by atoms with Gasteiger partial charge in [0.15, 0.2) is 0 Å². The number of allylic oxidation sites excluding steroid dienone is 2. The van der Waals surface area contributed by atoms with Crippen molar-refractivity contribution in [2.24, 2.45) is 23.7 Å². The van der Waals surface area contributed by atoms with Crippen LogP contribution in [-0.2, 0) is 0 Å². The predicted molar refractivity (Wildman–Crippen MR) is 90.9 cm³/mol. The third-order valence-electron chi connectivity index (χ3n) is 5.04. The van der Waals surface area contributed by atoms with Gasteiger partial charge in [-0.3, -0.25) is 0 Å². The van der Waals surface area contributed by atoms with Crippen molar-refractivity contribution in [3.63, 3.8) is 0 Å². The van der Waals surface area contributed by atoms with Crippen LogP contribution in [0.2, 0.25) is 0 Å². The summed E-state index contributed by atoms with van der Waals surface area (Å²) in [6, 6.07) is 8.36. The molecule has 4 atom stereocenters. The molecule has 3 aliphatic rings. The van der Waals surface area contributed by atoms with Crippen molar-refractivity contribution in [3.05, 3.63) is 47.5 Å². The monoisotopic (exact) mass is 272 g/mol. The van der Waals surface area contributed by atoms with Crippen LogP contribution >= 0.6 is 0 Å². The lowest BCUT2D eigenvalue weighted by Crippen LogP contribution is -2.33. The molecule has 0 amide bonds. The van der Waals surface area contributed by atoms with Crippen LogP contribution in [0, 0.1) is 37.5 Å². The van der Waals surface area contributed by atoms with Gasteiger partial charge in [0.25, 0.3) is 0 Å². The molecule has 0 saturated heterocycles. The van der Waals surface area contributed by atoms with Gasteiger partial charge in [-0.15, -0.1) is 0 Å². The lowest BCUT2D eigenvalue weighted by Gasteiger charge is -2.41. The first kappa shape index (κ1) is 17.0. The molecule has 0 nitrogen and oxygen atoms in total. The second-order valence-corrected chi connectivity index (χ2v) is 6.09. The number of hydrogen-bond acceptors (Lipinski definition) is 0. The molecule has 0 radical (unpaired) electrons. The average molecular weight is 272 g/mol.